The summed E-state index contributed by atoms with van der Waals surface area (Å²) >= 11 is 4.62. The fourth-order valence-corrected chi connectivity index (χ4v) is 1.86. The topological polar surface area (TPSA) is 38.7 Å². The van der Waals surface area contributed by atoms with Crippen molar-refractivity contribution in [2.24, 2.45) is 10.9 Å². The molecule has 1 atom stereocenters. The number of esters is 1. The minimum Gasteiger partial charge on any atom is -0.466 e. The van der Waals surface area contributed by atoms with Crippen LogP contribution in [0.4, 0.5) is 0 Å². The molecule has 0 aliphatic heterocycles. The van der Waals surface area contributed by atoms with Crippen molar-refractivity contribution >= 4 is 23.3 Å². The van der Waals surface area contributed by atoms with Gasteiger partial charge in [0.15, 0.2) is 0 Å². The molecule has 0 amide bonds. The lowest BCUT2D eigenvalue weighted by molar-refractivity contribution is -0.141. The Hall–Kier alpha value is -0.730. The lowest BCUT2D eigenvalue weighted by Gasteiger charge is -2.18. The molecule has 0 radical (unpaired) electrons. The van der Waals surface area contributed by atoms with Crippen molar-refractivity contribution in [3.63, 3.8) is 0 Å². The maximum atomic E-state index is 10.6. The number of isothiocyanates is 1. The summed E-state index contributed by atoms with van der Waals surface area (Å²) in [4.78, 5) is 14.7. The molecule has 0 bridgehead atoms. The van der Waals surface area contributed by atoms with E-state index in [4.69, 9.17) is 4.74 Å². The third kappa shape index (κ3) is 10.2. The molecule has 0 aromatic carbocycles. The summed E-state index contributed by atoms with van der Waals surface area (Å²) in [5.74, 6) is 0.371. The Labute approximate surface area is 110 Å². The van der Waals surface area contributed by atoms with E-state index in [1.807, 2.05) is 0 Å². The average molecular weight is 257 g/mol. The first-order valence-electron chi connectivity index (χ1n) is 6.10. The van der Waals surface area contributed by atoms with Crippen LogP contribution in [0.1, 0.15) is 53.4 Å². The highest BCUT2D eigenvalue weighted by Gasteiger charge is 2.15. The van der Waals surface area contributed by atoms with Crippen molar-refractivity contribution in [2.75, 3.05) is 6.61 Å². The van der Waals surface area contributed by atoms with E-state index in [-0.39, 0.29) is 11.5 Å². The molecule has 0 N–H and O–H groups in total. The first-order valence-corrected chi connectivity index (χ1v) is 6.50. The first kappa shape index (κ1) is 16.3. The zero-order valence-electron chi connectivity index (χ0n) is 11.3. The summed E-state index contributed by atoms with van der Waals surface area (Å²) in [6.07, 6.45) is 4.16. The molecule has 0 aliphatic carbocycles. The number of carbonyl (C=O) groups is 1. The van der Waals surface area contributed by atoms with Crippen LogP contribution in [0.3, 0.4) is 0 Å². The second kappa shape index (κ2) is 8.37. The maximum Gasteiger partial charge on any atom is 0.302 e. The Balaban J connectivity index is 3.67. The molecule has 0 fully saturated rings. The Morgan fingerprint density at radius 1 is 1.47 bits per heavy atom. The van der Waals surface area contributed by atoms with Gasteiger partial charge in [0.2, 0.25) is 0 Å². The van der Waals surface area contributed by atoms with Gasteiger partial charge in [-0.2, -0.15) is 0 Å². The van der Waals surface area contributed by atoms with Crippen molar-refractivity contribution in [2.45, 2.75) is 58.9 Å². The van der Waals surface area contributed by atoms with Crippen LogP contribution in [0.5, 0.6) is 0 Å². The van der Waals surface area contributed by atoms with Crippen molar-refractivity contribution in [1.29, 1.82) is 0 Å². The highest BCUT2D eigenvalue weighted by molar-refractivity contribution is 7.78. The quantitative estimate of drug-likeness (QED) is 0.378. The average Bonchev–Trinajstić information content (AvgIpc) is 2.16. The summed E-state index contributed by atoms with van der Waals surface area (Å²) in [7, 11) is 0. The van der Waals surface area contributed by atoms with Crippen molar-refractivity contribution in [3.8, 4) is 0 Å². The van der Waals surface area contributed by atoms with Crippen LogP contribution in [0.15, 0.2) is 4.99 Å². The van der Waals surface area contributed by atoms with E-state index < -0.39 is 0 Å². The number of aliphatic imine (C=N–C) groups is 1. The first-order chi connectivity index (χ1) is 7.87. The second-order valence-corrected chi connectivity index (χ2v) is 5.32. The van der Waals surface area contributed by atoms with Gasteiger partial charge in [0.1, 0.15) is 0 Å². The fourth-order valence-electron chi connectivity index (χ4n) is 1.61. The van der Waals surface area contributed by atoms with Gasteiger partial charge in [0.05, 0.1) is 17.3 Å². The molecule has 4 heteroatoms. The lowest BCUT2D eigenvalue weighted by Crippen LogP contribution is -2.16. The normalized spacial score (nSPS) is 12.7. The van der Waals surface area contributed by atoms with E-state index in [2.05, 4.69) is 43.1 Å². The van der Waals surface area contributed by atoms with Crippen LogP contribution in [-0.2, 0) is 9.53 Å². The fraction of sp³-hybridized carbons (Fsp3) is 0.846. The standard InChI is InChI=1S/C13H23NO2S/c1-11(7-9-16-12(2)15)6-5-8-13(3,4)14-10-17/h11H,5-9H2,1-4H3. The van der Waals surface area contributed by atoms with Gasteiger partial charge in [0, 0.05) is 6.92 Å². The van der Waals surface area contributed by atoms with Crippen molar-refractivity contribution in [1.82, 2.24) is 0 Å². The van der Waals surface area contributed by atoms with Crippen molar-refractivity contribution in [3.05, 3.63) is 0 Å². The number of hydrogen-bond acceptors (Lipinski definition) is 4. The number of hydrogen-bond donors (Lipinski definition) is 0. The van der Waals surface area contributed by atoms with E-state index in [1.165, 1.54) is 6.92 Å². The molecule has 0 saturated heterocycles. The van der Waals surface area contributed by atoms with Gasteiger partial charge < -0.3 is 4.74 Å². The number of thiocarbonyl (C=S) groups is 1. The molecule has 1 unspecified atom stereocenters. The minimum atomic E-state index is -0.200. The van der Waals surface area contributed by atoms with Gasteiger partial charge in [-0.25, -0.2) is 4.99 Å². The van der Waals surface area contributed by atoms with Gasteiger partial charge in [-0.15, -0.1) is 0 Å². The van der Waals surface area contributed by atoms with Crippen LogP contribution in [0, 0.1) is 5.92 Å². The van der Waals surface area contributed by atoms with Crippen LogP contribution in [0.25, 0.3) is 0 Å². The van der Waals surface area contributed by atoms with Crippen LogP contribution < -0.4 is 0 Å². The second-order valence-electron chi connectivity index (χ2n) is 5.14. The van der Waals surface area contributed by atoms with E-state index >= 15 is 0 Å². The summed E-state index contributed by atoms with van der Waals surface area (Å²) in [6, 6.07) is 0. The largest absolute Gasteiger partial charge is 0.466 e. The molecule has 0 aromatic rings. The Bertz CT molecular complexity index is 283. The molecule has 0 aromatic heterocycles. The number of ether oxygens (including phenoxy) is 1. The Morgan fingerprint density at radius 3 is 2.65 bits per heavy atom. The third-order valence-corrected chi connectivity index (χ3v) is 2.84. The highest BCUT2D eigenvalue weighted by atomic mass is 32.1. The summed E-state index contributed by atoms with van der Waals surface area (Å²) in [5, 5.41) is 2.44. The van der Waals surface area contributed by atoms with Gasteiger partial charge in [0.25, 0.3) is 0 Å². The van der Waals surface area contributed by atoms with E-state index in [9.17, 15) is 4.79 Å². The molecule has 0 spiro atoms. The maximum absolute atomic E-state index is 10.6. The molecule has 17 heavy (non-hydrogen) atoms. The van der Waals surface area contributed by atoms with Gasteiger partial charge in [-0.3, -0.25) is 4.79 Å². The summed E-state index contributed by atoms with van der Waals surface area (Å²) in [5.41, 5.74) is -0.0998. The van der Waals surface area contributed by atoms with Crippen molar-refractivity contribution < 1.29 is 9.53 Å². The molecule has 0 saturated carbocycles. The van der Waals surface area contributed by atoms with Gasteiger partial charge >= 0.3 is 5.97 Å². The van der Waals surface area contributed by atoms with E-state index in [0.717, 1.165) is 25.7 Å². The summed E-state index contributed by atoms with van der Waals surface area (Å²) in [6.45, 7) is 8.28. The van der Waals surface area contributed by atoms with Gasteiger partial charge in [-0.1, -0.05) is 19.8 Å². The monoisotopic (exact) mass is 257 g/mol. The molecular formula is C13H23NO2S. The van der Waals surface area contributed by atoms with Gasteiger partial charge in [-0.05, 0) is 44.8 Å². The molecule has 0 aliphatic rings. The number of carbonyl (C=O) groups excluding carboxylic acids is 1. The molecule has 98 valence electrons. The number of rotatable bonds is 8. The molecular weight excluding hydrogens is 234 g/mol. The van der Waals surface area contributed by atoms with Crippen LogP contribution in [-0.4, -0.2) is 23.3 Å². The zero-order valence-corrected chi connectivity index (χ0v) is 12.1. The Kier molecular flexibility index (Phi) is 8.01. The zero-order chi connectivity index (χ0) is 13.3. The van der Waals surface area contributed by atoms with Crippen LogP contribution in [0.2, 0.25) is 0 Å². The van der Waals surface area contributed by atoms with E-state index in [1.54, 1.807) is 0 Å². The lowest BCUT2D eigenvalue weighted by atomic mass is 9.93. The SMILES string of the molecule is CC(=O)OCCC(C)CCCC(C)(C)N=C=S. The Morgan fingerprint density at radius 2 is 2.12 bits per heavy atom. The predicted octanol–water partition coefficient (Wildman–Crippen LogP) is 3.63. The predicted molar refractivity (Wildman–Crippen MR) is 73.4 cm³/mol. The number of nitrogens with zero attached hydrogens (tertiary/aromatic N) is 1. The minimum absolute atomic E-state index is 0.0998. The van der Waals surface area contributed by atoms with E-state index in [0.29, 0.717) is 12.5 Å². The smallest absolute Gasteiger partial charge is 0.302 e. The highest BCUT2D eigenvalue weighted by Crippen LogP contribution is 2.20. The molecule has 0 heterocycles. The van der Waals surface area contributed by atoms with Crippen LogP contribution >= 0.6 is 12.2 Å². The third-order valence-electron chi connectivity index (χ3n) is 2.75. The summed E-state index contributed by atoms with van der Waals surface area (Å²) < 4.78 is 4.92. The molecule has 0 rings (SSSR count). The molecule has 3 nitrogen and oxygen atoms in total.